The van der Waals surface area contributed by atoms with Crippen molar-refractivity contribution in [1.82, 2.24) is 10.2 Å². The van der Waals surface area contributed by atoms with Crippen LogP contribution in [0.1, 0.15) is 63.3 Å². The second-order valence-corrected chi connectivity index (χ2v) is 14.6. The molecular weight excluding hydrogens is 621 g/mol. The van der Waals surface area contributed by atoms with Crippen LogP contribution in [-0.2, 0) is 21.5 Å². The highest BCUT2D eigenvalue weighted by Gasteiger charge is 2.53. The molecular formula is C40H44N2O5S. The van der Waals surface area contributed by atoms with Crippen LogP contribution in [0.4, 0.5) is 9.59 Å². The summed E-state index contributed by atoms with van der Waals surface area (Å²) in [6.45, 7) is 9.97. The molecule has 1 heterocycles. The normalized spacial score (nSPS) is 15.8. The topological polar surface area (TPSA) is 84.9 Å². The summed E-state index contributed by atoms with van der Waals surface area (Å²) in [7, 11) is 0. The molecule has 0 saturated carbocycles. The van der Waals surface area contributed by atoms with Crippen LogP contribution in [0.25, 0.3) is 0 Å². The van der Waals surface area contributed by atoms with Crippen LogP contribution >= 0.6 is 11.8 Å². The summed E-state index contributed by atoms with van der Waals surface area (Å²) in [5.41, 5.74) is 1.70. The number of nitrogens with zero attached hydrogens (tertiary/aromatic N) is 1. The van der Waals surface area contributed by atoms with Crippen molar-refractivity contribution in [3.8, 4) is 5.75 Å². The Bertz CT molecular complexity index is 1580. The van der Waals surface area contributed by atoms with E-state index in [2.05, 4.69) is 19.2 Å². The lowest BCUT2D eigenvalue weighted by Crippen LogP contribution is -2.51. The third-order valence-corrected chi connectivity index (χ3v) is 9.14. The molecule has 250 valence electrons. The van der Waals surface area contributed by atoms with Gasteiger partial charge in [0.15, 0.2) is 0 Å². The monoisotopic (exact) mass is 664 g/mol. The van der Waals surface area contributed by atoms with E-state index in [0.717, 1.165) is 40.4 Å². The molecule has 1 aliphatic heterocycles. The van der Waals surface area contributed by atoms with Crippen LogP contribution in [0.3, 0.4) is 0 Å². The molecule has 1 saturated heterocycles. The molecule has 2 unspecified atom stereocenters. The van der Waals surface area contributed by atoms with Gasteiger partial charge in [-0.1, -0.05) is 129 Å². The van der Waals surface area contributed by atoms with Crippen molar-refractivity contribution in [1.29, 1.82) is 0 Å². The minimum absolute atomic E-state index is 0.219. The van der Waals surface area contributed by atoms with E-state index in [1.54, 1.807) is 0 Å². The van der Waals surface area contributed by atoms with Crippen molar-refractivity contribution in [3.05, 3.63) is 138 Å². The van der Waals surface area contributed by atoms with Crippen molar-refractivity contribution in [2.24, 2.45) is 5.92 Å². The van der Waals surface area contributed by atoms with Crippen molar-refractivity contribution in [2.45, 2.75) is 69.9 Å². The van der Waals surface area contributed by atoms with Gasteiger partial charge in [0.2, 0.25) is 5.91 Å². The average molecular weight is 665 g/mol. The Hall–Kier alpha value is -4.56. The van der Waals surface area contributed by atoms with Gasteiger partial charge in [0.25, 0.3) is 5.24 Å². The Kier molecular flexibility index (Phi) is 10.9. The number of thioether (sulfide) groups is 1. The Balaban J connectivity index is 1.35. The molecule has 0 bridgehead atoms. The van der Waals surface area contributed by atoms with Crippen molar-refractivity contribution < 1.29 is 23.9 Å². The first-order chi connectivity index (χ1) is 23.0. The molecule has 5 rings (SSSR count). The van der Waals surface area contributed by atoms with Gasteiger partial charge in [-0.05, 0) is 73.9 Å². The van der Waals surface area contributed by atoms with E-state index in [1.807, 2.05) is 136 Å². The Morgan fingerprint density at radius 3 is 1.75 bits per heavy atom. The Labute approximate surface area is 288 Å². The SMILES string of the molecule is CC(C)CC(COc1ccc(CC2SC(=O)N(C(c3ccccc3)(c3ccccc3)c3ccccc3)C2=O)cc1)NC(=O)OC(C)(C)C. The smallest absolute Gasteiger partial charge is 0.407 e. The number of ether oxygens (including phenoxy) is 2. The van der Waals surface area contributed by atoms with Crippen molar-refractivity contribution in [3.63, 3.8) is 0 Å². The first kappa shape index (κ1) is 34.8. The molecule has 0 aliphatic carbocycles. The fourth-order valence-electron chi connectivity index (χ4n) is 6.16. The quantitative estimate of drug-likeness (QED) is 0.153. The molecule has 0 radical (unpaired) electrons. The maximum Gasteiger partial charge on any atom is 0.407 e. The lowest BCUT2D eigenvalue weighted by molar-refractivity contribution is -0.129. The summed E-state index contributed by atoms with van der Waals surface area (Å²) < 4.78 is 11.5. The molecule has 4 aromatic rings. The summed E-state index contributed by atoms with van der Waals surface area (Å²) in [5, 5.41) is 2.06. The van der Waals surface area contributed by atoms with Crippen LogP contribution in [0, 0.1) is 5.92 Å². The minimum atomic E-state index is -1.14. The van der Waals surface area contributed by atoms with Crippen LogP contribution in [-0.4, -0.2) is 45.6 Å². The van der Waals surface area contributed by atoms with Gasteiger partial charge in [-0.3, -0.25) is 14.5 Å². The van der Waals surface area contributed by atoms with E-state index in [9.17, 15) is 14.4 Å². The van der Waals surface area contributed by atoms with E-state index in [-0.39, 0.29) is 23.8 Å². The largest absolute Gasteiger partial charge is 0.491 e. The molecule has 1 aliphatic rings. The molecule has 48 heavy (non-hydrogen) atoms. The molecule has 3 amide bonds. The van der Waals surface area contributed by atoms with Crippen LogP contribution in [0.5, 0.6) is 5.75 Å². The molecule has 0 aromatic heterocycles. The number of amides is 3. The zero-order valence-corrected chi connectivity index (χ0v) is 29.0. The summed E-state index contributed by atoms with van der Waals surface area (Å²) in [5.74, 6) is 0.772. The fraction of sp³-hybridized carbons (Fsp3) is 0.325. The second kappa shape index (κ2) is 15.1. The highest BCUT2D eigenvalue weighted by Crippen LogP contribution is 2.47. The maximum absolute atomic E-state index is 14.4. The van der Waals surface area contributed by atoms with Crippen molar-refractivity contribution >= 4 is 29.0 Å². The number of hydrogen-bond donors (Lipinski definition) is 1. The van der Waals surface area contributed by atoms with Crippen LogP contribution < -0.4 is 10.1 Å². The lowest BCUT2D eigenvalue weighted by Gasteiger charge is -2.42. The van der Waals surface area contributed by atoms with E-state index in [4.69, 9.17) is 9.47 Å². The van der Waals surface area contributed by atoms with E-state index in [0.29, 0.717) is 18.1 Å². The Morgan fingerprint density at radius 1 is 0.792 bits per heavy atom. The summed E-state index contributed by atoms with van der Waals surface area (Å²) in [6, 6.07) is 36.7. The van der Waals surface area contributed by atoms with E-state index < -0.39 is 22.5 Å². The van der Waals surface area contributed by atoms with Gasteiger partial charge in [-0.2, -0.15) is 0 Å². The zero-order chi connectivity index (χ0) is 34.3. The van der Waals surface area contributed by atoms with Crippen molar-refractivity contribution in [2.75, 3.05) is 6.61 Å². The first-order valence-electron chi connectivity index (χ1n) is 16.4. The summed E-state index contributed by atoms with van der Waals surface area (Å²) >= 11 is 1.08. The second-order valence-electron chi connectivity index (χ2n) is 13.5. The van der Waals surface area contributed by atoms with Gasteiger partial charge in [0, 0.05) is 0 Å². The number of carbonyl (C=O) groups excluding carboxylic acids is 3. The van der Waals surface area contributed by atoms with Gasteiger partial charge in [-0.15, -0.1) is 0 Å². The summed E-state index contributed by atoms with van der Waals surface area (Å²) in [4.78, 5) is 42.3. The Morgan fingerprint density at radius 2 is 1.29 bits per heavy atom. The highest BCUT2D eigenvalue weighted by molar-refractivity contribution is 8.15. The summed E-state index contributed by atoms with van der Waals surface area (Å²) in [6.07, 6.45) is 0.654. The third kappa shape index (κ3) is 8.11. The first-order valence-corrected chi connectivity index (χ1v) is 17.3. The van der Waals surface area contributed by atoms with Gasteiger partial charge in [-0.25, -0.2) is 4.79 Å². The molecule has 0 spiro atoms. The third-order valence-electron chi connectivity index (χ3n) is 8.10. The molecule has 7 nitrogen and oxygen atoms in total. The molecule has 1 fully saturated rings. The molecule has 4 aromatic carbocycles. The number of imide groups is 1. The van der Waals surface area contributed by atoms with Gasteiger partial charge >= 0.3 is 6.09 Å². The average Bonchev–Trinajstić information content (AvgIpc) is 3.33. The maximum atomic E-state index is 14.4. The lowest BCUT2D eigenvalue weighted by atomic mass is 9.75. The number of carbonyl (C=O) groups is 3. The standard InChI is InChI=1S/C40H44N2O5S/c1-28(2)25-33(41-37(44)47-39(3,4)5)27-46-34-23-21-29(22-24-34)26-35-36(43)42(38(45)48-35)40(30-15-9-6-10-16-30,31-17-11-7-12-18-31)32-19-13-8-14-20-32/h6-24,28,33,35H,25-27H2,1-5H3,(H,41,44). The number of alkyl carbamates (subject to hydrolysis) is 1. The number of hydrogen-bond acceptors (Lipinski definition) is 6. The highest BCUT2D eigenvalue weighted by atomic mass is 32.2. The van der Waals surface area contributed by atoms with Crippen LogP contribution in [0.2, 0.25) is 0 Å². The molecule has 2 atom stereocenters. The van der Waals surface area contributed by atoms with Crippen LogP contribution in [0.15, 0.2) is 115 Å². The van der Waals surface area contributed by atoms with Gasteiger partial charge in [0.1, 0.15) is 23.5 Å². The van der Waals surface area contributed by atoms with E-state index in [1.165, 1.54) is 4.90 Å². The van der Waals surface area contributed by atoms with Gasteiger partial charge < -0.3 is 14.8 Å². The molecule has 1 N–H and O–H groups in total. The predicted molar refractivity (Wildman–Crippen MR) is 191 cm³/mol. The zero-order valence-electron chi connectivity index (χ0n) is 28.2. The molecule has 8 heteroatoms. The van der Waals surface area contributed by atoms with Gasteiger partial charge in [0.05, 0.1) is 11.3 Å². The predicted octanol–water partition coefficient (Wildman–Crippen LogP) is 8.60. The number of nitrogens with one attached hydrogen (secondary N) is 1. The van der Waals surface area contributed by atoms with E-state index >= 15 is 0 Å². The minimum Gasteiger partial charge on any atom is -0.491 e. The number of rotatable bonds is 12. The number of benzene rings is 4. The fourth-order valence-corrected chi connectivity index (χ4v) is 7.22.